The number of nitrogens with zero attached hydrogens (tertiary/aromatic N) is 4. The number of benzene rings is 1. The number of piperidine rings is 1. The van der Waals surface area contributed by atoms with Gasteiger partial charge in [-0.3, -0.25) is 9.59 Å². The number of rotatable bonds is 5. The maximum absolute atomic E-state index is 13.1. The van der Waals surface area contributed by atoms with E-state index in [-0.39, 0.29) is 30.4 Å². The fourth-order valence-electron chi connectivity index (χ4n) is 4.39. The summed E-state index contributed by atoms with van der Waals surface area (Å²) >= 11 is 0. The molecular formula is C24H27N5O4. The molecule has 1 atom stereocenters. The molecule has 2 amide bonds. The second-order valence-corrected chi connectivity index (χ2v) is 8.64. The molecule has 1 fully saturated rings. The summed E-state index contributed by atoms with van der Waals surface area (Å²) in [6.45, 7) is 4.26. The average Bonchev–Trinajstić information content (AvgIpc) is 3.52. The van der Waals surface area contributed by atoms with Gasteiger partial charge in [-0.15, -0.1) is 5.10 Å². The van der Waals surface area contributed by atoms with Crippen LogP contribution in [0, 0.1) is 12.8 Å². The first-order valence-electron chi connectivity index (χ1n) is 11.3. The molecule has 0 radical (unpaired) electrons. The number of likely N-dealkylation sites (tertiary alicyclic amines) is 1. The molecule has 2 aliphatic heterocycles. The molecule has 0 unspecified atom stereocenters. The van der Waals surface area contributed by atoms with Crippen molar-refractivity contribution in [3.05, 3.63) is 70.9 Å². The van der Waals surface area contributed by atoms with Gasteiger partial charge in [0, 0.05) is 19.0 Å². The van der Waals surface area contributed by atoms with Crippen molar-refractivity contribution in [3.63, 3.8) is 0 Å². The zero-order chi connectivity index (χ0) is 22.8. The number of carbonyl (C=O) groups excluding carboxylic acids is 2. The Morgan fingerprint density at radius 1 is 1.15 bits per heavy atom. The molecule has 0 aliphatic carbocycles. The van der Waals surface area contributed by atoms with Gasteiger partial charge in [0.2, 0.25) is 5.91 Å². The fourth-order valence-corrected chi connectivity index (χ4v) is 4.39. The summed E-state index contributed by atoms with van der Waals surface area (Å²) in [5.74, 6) is 0.453. The number of hydrogen-bond donors (Lipinski definition) is 1. The van der Waals surface area contributed by atoms with Crippen LogP contribution in [0.25, 0.3) is 0 Å². The van der Waals surface area contributed by atoms with E-state index in [1.807, 2.05) is 6.07 Å². The number of ether oxygens (including phenoxy) is 1. The average molecular weight is 450 g/mol. The second kappa shape index (κ2) is 9.19. The van der Waals surface area contributed by atoms with Gasteiger partial charge in [-0.2, -0.15) is 0 Å². The number of aromatic nitrogens is 3. The molecule has 0 bridgehead atoms. The lowest BCUT2D eigenvalue weighted by atomic mass is 9.95. The molecule has 172 valence electrons. The molecular weight excluding hydrogens is 422 g/mol. The highest BCUT2D eigenvalue weighted by Crippen LogP contribution is 2.28. The number of aryl methyl sites for hydroxylation is 1. The van der Waals surface area contributed by atoms with Crippen molar-refractivity contribution in [1.82, 2.24) is 25.2 Å². The van der Waals surface area contributed by atoms with E-state index in [9.17, 15) is 9.59 Å². The predicted octanol–water partition coefficient (Wildman–Crippen LogP) is 2.62. The van der Waals surface area contributed by atoms with Gasteiger partial charge in [0.25, 0.3) is 5.91 Å². The summed E-state index contributed by atoms with van der Waals surface area (Å²) in [5.41, 5.74) is 3.34. The highest BCUT2D eigenvalue weighted by Gasteiger charge is 2.33. The molecule has 2 aliphatic rings. The molecule has 9 heteroatoms. The Morgan fingerprint density at radius 3 is 2.67 bits per heavy atom. The quantitative estimate of drug-likeness (QED) is 0.642. The Morgan fingerprint density at radius 2 is 1.94 bits per heavy atom. The minimum atomic E-state index is -0.150. The van der Waals surface area contributed by atoms with Crippen LogP contribution in [0.4, 0.5) is 0 Å². The van der Waals surface area contributed by atoms with Crippen LogP contribution in [-0.4, -0.2) is 44.8 Å². The number of carbonyl (C=O) groups is 2. The van der Waals surface area contributed by atoms with Gasteiger partial charge in [-0.1, -0.05) is 35.0 Å². The lowest BCUT2D eigenvalue weighted by molar-refractivity contribution is -0.126. The number of nitrogens with one attached hydrogen (secondary N) is 1. The van der Waals surface area contributed by atoms with Crippen LogP contribution in [0.2, 0.25) is 0 Å². The maximum Gasteiger partial charge on any atom is 0.276 e. The molecule has 33 heavy (non-hydrogen) atoms. The number of hydrogen-bond acceptors (Lipinski definition) is 6. The first-order chi connectivity index (χ1) is 16.1. The molecule has 4 heterocycles. The fraction of sp³-hybridized carbons (Fsp3) is 0.417. The summed E-state index contributed by atoms with van der Waals surface area (Å²) in [6.07, 6.45) is 2.71. The molecule has 1 N–H and O–H groups in total. The molecule has 9 nitrogen and oxygen atoms in total. The van der Waals surface area contributed by atoms with Gasteiger partial charge < -0.3 is 19.4 Å². The zero-order valence-corrected chi connectivity index (χ0v) is 18.6. The molecule has 5 rings (SSSR count). The minimum Gasteiger partial charge on any atom is -0.467 e. The highest BCUT2D eigenvalue weighted by molar-refractivity contribution is 5.93. The van der Waals surface area contributed by atoms with Crippen LogP contribution in [0.15, 0.2) is 47.1 Å². The lowest BCUT2D eigenvalue weighted by Crippen LogP contribution is -2.43. The van der Waals surface area contributed by atoms with E-state index in [1.165, 1.54) is 5.56 Å². The highest BCUT2D eigenvalue weighted by atomic mass is 16.5. The third kappa shape index (κ3) is 4.54. The van der Waals surface area contributed by atoms with Crippen molar-refractivity contribution in [1.29, 1.82) is 0 Å². The Balaban J connectivity index is 1.17. The van der Waals surface area contributed by atoms with Crippen molar-refractivity contribution in [2.75, 3.05) is 13.1 Å². The second-order valence-electron chi connectivity index (χ2n) is 8.64. The summed E-state index contributed by atoms with van der Waals surface area (Å²) in [5, 5.41) is 11.3. The largest absolute Gasteiger partial charge is 0.467 e. The van der Waals surface area contributed by atoms with E-state index in [1.54, 1.807) is 21.9 Å². The van der Waals surface area contributed by atoms with Crippen molar-refractivity contribution >= 4 is 11.8 Å². The summed E-state index contributed by atoms with van der Waals surface area (Å²) in [7, 11) is 0. The van der Waals surface area contributed by atoms with Crippen LogP contribution in [-0.2, 0) is 29.2 Å². The van der Waals surface area contributed by atoms with E-state index < -0.39 is 0 Å². The summed E-state index contributed by atoms with van der Waals surface area (Å²) in [4.78, 5) is 27.3. The Labute approximate surface area is 191 Å². The van der Waals surface area contributed by atoms with Crippen molar-refractivity contribution in [2.45, 2.75) is 45.6 Å². The molecule has 1 aromatic carbocycles. The standard InChI is InChI=1S/C24H27N5O4/c1-16-4-6-17(7-5-16)21-14-29-20(15-33-21)22(26-27-29)24(31)28-10-8-18(9-11-28)23(30)25-13-19-3-2-12-32-19/h2-7,12,18,21H,8-11,13-15H2,1H3,(H,25,30)/t21-/m0/s1. The van der Waals surface area contributed by atoms with Crippen LogP contribution in [0.3, 0.4) is 0 Å². The Bertz CT molecular complexity index is 1110. The van der Waals surface area contributed by atoms with Gasteiger partial charge in [0.15, 0.2) is 5.69 Å². The molecule has 3 aromatic rings. The van der Waals surface area contributed by atoms with Crippen molar-refractivity contribution < 1.29 is 18.7 Å². The van der Waals surface area contributed by atoms with Gasteiger partial charge >= 0.3 is 0 Å². The SMILES string of the molecule is Cc1ccc([C@@H]2Cn3nnc(C(=O)N4CCC(C(=O)NCc5ccco5)CC4)c3CO2)cc1. The first-order valence-corrected chi connectivity index (χ1v) is 11.3. The van der Waals surface area contributed by atoms with Crippen LogP contribution in [0.1, 0.15) is 52.0 Å². The van der Waals surface area contributed by atoms with E-state index in [2.05, 4.69) is 46.8 Å². The molecule has 0 spiro atoms. The van der Waals surface area contributed by atoms with Crippen molar-refractivity contribution in [3.8, 4) is 0 Å². The van der Waals surface area contributed by atoms with Gasteiger partial charge in [0.1, 0.15) is 11.9 Å². The van der Waals surface area contributed by atoms with E-state index >= 15 is 0 Å². The maximum atomic E-state index is 13.1. The molecule has 0 saturated carbocycles. The summed E-state index contributed by atoms with van der Waals surface area (Å²) in [6, 6.07) is 11.9. The van der Waals surface area contributed by atoms with E-state index in [4.69, 9.17) is 9.15 Å². The monoisotopic (exact) mass is 449 g/mol. The predicted molar refractivity (Wildman–Crippen MR) is 118 cm³/mol. The number of furan rings is 1. The van der Waals surface area contributed by atoms with Crippen LogP contribution in [0.5, 0.6) is 0 Å². The Hall–Kier alpha value is -3.46. The van der Waals surface area contributed by atoms with Crippen LogP contribution < -0.4 is 5.32 Å². The van der Waals surface area contributed by atoms with E-state index in [0.29, 0.717) is 50.4 Å². The minimum absolute atomic E-state index is 0.00455. The Kier molecular flexibility index (Phi) is 5.95. The smallest absolute Gasteiger partial charge is 0.276 e. The zero-order valence-electron chi connectivity index (χ0n) is 18.6. The lowest BCUT2D eigenvalue weighted by Gasteiger charge is -2.31. The van der Waals surface area contributed by atoms with Crippen molar-refractivity contribution in [2.24, 2.45) is 5.92 Å². The van der Waals surface area contributed by atoms with Gasteiger partial charge in [0.05, 0.1) is 31.7 Å². The number of amides is 2. The van der Waals surface area contributed by atoms with Gasteiger partial charge in [-0.25, -0.2) is 4.68 Å². The first kappa shape index (κ1) is 21.4. The van der Waals surface area contributed by atoms with E-state index in [0.717, 1.165) is 11.3 Å². The molecule has 1 saturated heterocycles. The topological polar surface area (TPSA) is 102 Å². The third-order valence-corrected chi connectivity index (χ3v) is 6.42. The third-order valence-electron chi connectivity index (χ3n) is 6.42. The molecule has 2 aromatic heterocycles. The normalized spacial score (nSPS) is 18.7. The number of fused-ring (bicyclic) bond motifs is 1. The van der Waals surface area contributed by atoms with Gasteiger partial charge in [-0.05, 0) is 37.5 Å². The van der Waals surface area contributed by atoms with Crippen LogP contribution >= 0.6 is 0 Å². The summed E-state index contributed by atoms with van der Waals surface area (Å²) < 4.78 is 13.1.